The minimum Gasteiger partial charge on any atom is -0.494 e. The van der Waals surface area contributed by atoms with Crippen LogP contribution in [-0.4, -0.2) is 23.0 Å². The molecule has 0 fully saturated rings. The molecule has 0 saturated carbocycles. The number of hydrogen-bond donors (Lipinski definition) is 2. The number of H-pyrrole nitrogens is 1. The zero-order valence-electron chi connectivity index (χ0n) is 19.3. The maximum atomic E-state index is 14.0. The standard InChI is InChI=1S/C23H23F6N3O3S/c1-13(2)22(15-5-7-16(8-6-15)36(25,26,27,28)29)32-23(34)18-12-21(33)31-20(30-18)11-14-4-9-19(35-3)17(24)10-14/h4-10,12-13,22H,11H2,1-3H3,(H,32,34)(H,30,31,33). The molecule has 1 amide bonds. The molecule has 1 aromatic heterocycles. The summed E-state index contributed by atoms with van der Waals surface area (Å²) in [6.45, 7) is 3.33. The molecular formula is C23H23F6N3O3S. The van der Waals surface area contributed by atoms with E-state index in [9.17, 15) is 33.4 Å². The van der Waals surface area contributed by atoms with Gasteiger partial charge < -0.3 is 15.0 Å². The molecule has 1 atom stereocenters. The van der Waals surface area contributed by atoms with Gasteiger partial charge in [-0.2, -0.15) is 0 Å². The van der Waals surface area contributed by atoms with E-state index in [0.717, 1.165) is 18.2 Å². The summed E-state index contributed by atoms with van der Waals surface area (Å²) in [5, 5.41) is 2.58. The molecule has 3 aromatic rings. The van der Waals surface area contributed by atoms with Crippen molar-refractivity contribution >= 4 is 16.1 Å². The van der Waals surface area contributed by atoms with Gasteiger partial charge in [-0.25, -0.2) is 9.37 Å². The van der Waals surface area contributed by atoms with Crippen molar-refractivity contribution in [2.45, 2.75) is 31.2 Å². The molecule has 0 spiro atoms. The lowest BCUT2D eigenvalue weighted by atomic mass is 9.96. The third kappa shape index (κ3) is 6.59. The molecule has 6 nitrogen and oxygen atoms in total. The summed E-state index contributed by atoms with van der Waals surface area (Å²) in [6.07, 6.45) is -0.0132. The third-order valence-electron chi connectivity index (χ3n) is 5.25. The average Bonchev–Trinajstić information content (AvgIpc) is 2.75. The summed E-state index contributed by atoms with van der Waals surface area (Å²) in [5.41, 5.74) is -0.335. The summed E-state index contributed by atoms with van der Waals surface area (Å²) in [5.74, 6) is -1.69. The lowest BCUT2D eigenvalue weighted by molar-refractivity contribution is 0.0919. The molecule has 0 aliphatic carbocycles. The molecule has 13 heteroatoms. The third-order valence-corrected chi connectivity index (χ3v) is 6.41. The minimum atomic E-state index is -9.84. The van der Waals surface area contributed by atoms with E-state index in [0.29, 0.717) is 5.56 Å². The number of nitrogens with one attached hydrogen (secondary N) is 2. The van der Waals surface area contributed by atoms with Crippen molar-refractivity contribution in [3.8, 4) is 5.75 Å². The number of halogens is 6. The first-order valence-corrected chi connectivity index (χ1v) is 12.5. The van der Waals surface area contributed by atoms with Gasteiger partial charge in [0, 0.05) is 12.5 Å². The smallest absolute Gasteiger partial charge is 0.310 e. The predicted molar refractivity (Wildman–Crippen MR) is 123 cm³/mol. The number of hydrogen-bond acceptors (Lipinski definition) is 4. The molecule has 1 heterocycles. The maximum absolute atomic E-state index is 14.0. The highest BCUT2D eigenvalue weighted by Crippen LogP contribution is 3.02. The van der Waals surface area contributed by atoms with Crippen LogP contribution in [-0.2, 0) is 6.42 Å². The number of aromatic amines is 1. The lowest BCUT2D eigenvalue weighted by Gasteiger charge is -2.40. The molecule has 0 aliphatic heterocycles. The Morgan fingerprint density at radius 2 is 1.69 bits per heavy atom. The highest BCUT2D eigenvalue weighted by Gasteiger charge is 2.65. The molecule has 2 aromatic carbocycles. The normalized spacial score (nSPS) is 14.6. The molecule has 3 rings (SSSR count). The topological polar surface area (TPSA) is 84.1 Å². The quantitative estimate of drug-likeness (QED) is 0.332. The van der Waals surface area contributed by atoms with Crippen molar-refractivity contribution in [2.24, 2.45) is 5.92 Å². The van der Waals surface area contributed by atoms with Gasteiger partial charge in [-0.1, -0.05) is 51.5 Å². The number of amides is 1. The van der Waals surface area contributed by atoms with E-state index in [1.807, 2.05) is 0 Å². The van der Waals surface area contributed by atoms with Crippen LogP contribution >= 0.6 is 10.2 Å². The first-order chi connectivity index (χ1) is 16.5. The fourth-order valence-electron chi connectivity index (χ4n) is 3.50. The summed E-state index contributed by atoms with van der Waals surface area (Å²) in [7, 11) is -8.53. The van der Waals surface area contributed by atoms with Crippen LogP contribution < -0.4 is 15.6 Å². The molecular weight excluding hydrogens is 512 g/mol. The Balaban J connectivity index is 1.84. The average molecular weight is 536 g/mol. The second-order valence-electron chi connectivity index (χ2n) is 8.46. The van der Waals surface area contributed by atoms with E-state index in [1.54, 1.807) is 19.9 Å². The highest BCUT2D eigenvalue weighted by molar-refractivity contribution is 8.45. The number of benzene rings is 2. The van der Waals surface area contributed by atoms with Crippen molar-refractivity contribution in [2.75, 3.05) is 7.11 Å². The van der Waals surface area contributed by atoms with Crippen LogP contribution in [0, 0.1) is 11.7 Å². The van der Waals surface area contributed by atoms with Crippen molar-refractivity contribution in [3.05, 3.63) is 87.3 Å². The van der Waals surface area contributed by atoms with Crippen LogP contribution in [0.1, 0.15) is 47.3 Å². The van der Waals surface area contributed by atoms with Crippen LogP contribution in [0.15, 0.2) is 58.2 Å². The number of methoxy groups -OCH3 is 1. The van der Waals surface area contributed by atoms with Crippen LogP contribution in [0.4, 0.5) is 23.8 Å². The highest BCUT2D eigenvalue weighted by atomic mass is 32.5. The summed E-state index contributed by atoms with van der Waals surface area (Å²) in [4.78, 5) is 29.5. The predicted octanol–water partition coefficient (Wildman–Crippen LogP) is 6.29. The van der Waals surface area contributed by atoms with Gasteiger partial charge >= 0.3 is 10.2 Å². The molecule has 0 bridgehead atoms. The molecule has 36 heavy (non-hydrogen) atoms. The van der Waals surface area contributed by atoms with Gasteiger partial charge in [-0.05, 0) is 41.3 Å². The Morgan fingerprint density at radius 1 is 1.06 bits per heavy atom. The van der Waals surface area contributed by atoms with Gasteiger partial charge in [-0.15, -0.1) is 0 Å². The van der Waals surface area contributed by atoms with E-state index in [1.165, 1.54) is 19.2 Å². The minimum absolute atomic E-state index is 0.0132. The molecule has 0 radical (unpaired) electrons. The van der Waals surface area contributed by atoms with Gasteiger partial charge in [-0.3, -0.25) is 9.59 Å². The van der Waals surface area contributed by atoms with Crippen LogP contribution in [0.5, 0.6) is 5.75 Å². The van der Waals surface area contributed by atoms with Crippen molar-refractivity contribution in [3.63, 3.8) is 0 Å². The molecule has 0 aliphatic rings. The van der Waals surface area contributed by atoms with Gasteiger partial charge in [0.25, 0.3) is 11.5 Å². The van der Waals surface area contributed by atoms with Gasteiger partial charge in [0.15, 0.2) is 11.6 Å². The maximum Gasteiger partial charge on any atom is 0.310 e. The number of nitrogens with zero attached hydrogens (tertiary/aromatic N) is 1. The Morgan fingerprint density at radius 3 is 2.22 bits per heavy atom. The van der Waals surface area contributed by atoms with Crippen LogP contribution in [0.25, 0.3) is 0 Å². The Hall–Kier alpha value is -3.48. The molecule has 0 saturated heterocycles. The SMILES string of the molecule is COc1ccc(Cc2nc(C(=O)NC(c3ccc(S(F)(F)(F)(F)F)cc3)C(C)C)cc(=O)[nH]2)cc1F. The monoisotopic (exact) mass is 535 g/mol. The number of rotatable bonds is 8. The van der Waals surface area contributed by atoms with E-state index in [-0.39, 0.29) is 47.3 Å². The van der Waals surface area contributed by atoms with E-state index < -0.39 is 38.4 Å². The summed E-state index contributed by atoms with van der Waals surface area (Å²) < 4.78 is 83.9. The zero-order chi connectivity index (χ0) is 27.0. The first kappa shape index (κ1) is 27.1. The van der Waals surface area contributed by atoms with Crippen LogP contribution in [0.2, 0.25) is 0 Å². The van der Waals surface area contributed by atoms with Gasteiger partial charge in [0.05, 0.1) is 13.2 Å². The van der Waals surface area contributed by atoms with Gasteiger partial charge in [0.1, 0.15) is 16.4 Å². The fraction of sp³-hybridized carbons (Fsp3) is 0.261. The number of ether oxygens (including phenoxy) is 1. The Labute approximate surface area is 202 Å². The largest absolute Gasteiger partial charge is 0.494 e. The Kier molecular flexibility index (Phi) is 6.68. The van der Waals surface area contributed by atoms with E-state index >= 15 is 0 Å². The van der Waals surface area contributed by atoms with Gasteiger partial charge in [0.2, 0.25) is 0 Å². The van der Waals surface area contributed by atoms with Crippen molar-refractivity contribution < 1.29 is 33.4 Å². The second kappa shape index (κ2) is 8.87. The molecule has 1 unspecified atom stereocenters. The van der Waals surface area contributed by atoms with E-state index in [4.69, 9.17) is 4.74 Å². The van der Waals surface area contributed by atoms with Crippen LogP contribution in [0.3, 0.4) is 0 Å². The van der Waals surface area contributed by atoms with Crippen molar-refractivity contribution in [1.82, 2.24) is 15.3 Å². The zero-order valence-corrected chi connectivity index (χ0v) is 20.1. The second-order valence-corrected chi connectivity index (χ2v) is 10.9. The lowest BCUT2D eigenvalue weighted by Crippen LogP contribution is -2.33. The number of carbonyl (C=O) groups excluding carboxylic acids is 1. The molecule has 2 N–H and O–H groups in total. The summed E-state index contributed by atoms with van der Waals surface area (Å²) in [6, 6.07) is 6.49. The Bertz CT molecular complexity index is 1340. The number of carbonyl (C=O) groups is 1. The molecule has 196 valence electrons. The fourth-order valence-corrected chi connectivity index (χ4v) is 4.15. The van der Waals surface area contributed by atoms with E-state index in [2.05, 4.69) is 15.3 Å². The first-order valence-electron chi connectivity index (χ1n) is 10.5. The summed E-state index contributed by atoms with van der Waals surface area (Å²) >= 11 is 0. The van der Waals surface area contributed by atoms with Crippen molar-refractivity contribution in [1.29, 1.82) is 0 Å². The number of aromatic nitrogens is 2.